The van der Waals surface area contributed by atoms with Gasteiger partial charge < -0.3 is 0 Å². The molecule has 0 amide bonds. The minimum Gasteiger partial charge on any atom is -0.247 e. The van der Waals surface area contributed by atoms with Crippen molar-refractivity contribution >= 4 is 34.8 Å². The number of aromatic nitrogens is 3. The van der Waals surface area contributed by atoms with Crippen LogP contribution in [-0.4, -0.2) is 15.0 Å². The third-order valence-electron chi connectivity index (χ3n) is 1.20. The molecule has 4 nitrogen and oxygen atoms in total. The smallest absolute Gasteiger partial charge is 0.235 e. The van der Waals surface area contributed by atoms with Crippen molar-refractivity contribution in [3.05, 3.63) is 11.4 Å². The third kappa shape index (κ3) is 1.63. The van der Waals surface area contributed by atoms with Gasteiger partial charge in [-0.1, -0.05) is 40.0 Å². The summed E-state index contributed by atoms with van der Waals surface area (Å²) in [4.78, 5) is 0. The zero-order valence-electron chi connectivity index (χ0n) is 5.92. The number of nitriles is 1. The molecular formula is C5H3Cl3N4. The summed E-state index contributed by atoms with van der Waals surface area (Å²) < 4.78 is -0.408. The molecule has 0 aliphatic rings. The van der Waals surface area contributed by atoms with Crippen molar-refractivity contribution in [2.75, 3.05) is 0 Å². The molecule has 0 aliphatic carbocycles. The summed E-state index contributed by atoms with van der Waals surface area (Å²) >= 11 is 16.7. The molecule has 12 heavy (non-hydrogen) atoms. The first kappa shape index (κ1) is 9.59. The van der Waals surface area contributed by atoms with E-state index in [1.54, 1.807) is 13.1 Å². The van der Waals surface area contributed by atoms with Gasteiger partial charge in [0.05, 0.1) is 0 Å². The molecule has 0 bridgehead atoms. The molecule has 64 valence electrons. The van der Waals surface area contributed by atoms with Crippen LogP contribution in [0.3, 0.4) is 0 Å². The van der Waals surface area contributed by atoms with Gasteiger partial charge in [-0.25, -0.2) is 4.68 Å². The molecule has 0 aliphatic heterocycles. The molecule has 0 fully saturated rings. The molecule has 0 aromatic carbocycles. The summed E-state index contributed by atoms with van der Waals surface area (Å²) in [6.07, 6.45) is 0. The highest BCUT2D eigenvalue weighted by Gasteiger charge is 2.31. The van der Waals surface area contributed by atoms with E-state index in [2.05, 4.69) is 10.3 Å². The van der Waals surface area contributed by atoms with Gasteiger partial charge in [-0.2, -0.15) is 5.26 Å². The highest BCUT2D eigenvalue weighted by Crippen LogP contribution is 2.38. The Kier molecular flexibility index (Phi) is 2.47. The second-order valence-corrected chi connectivity index (χ2v) is 4.30. The maximum absolute atomic E-state index is 8.55. The first-order chi connectivity index (χ1) is 5.46. The van der Waals surface area contributed by atoms with Gasteiger partial charge in [0, 0.05) is 7.05 Å². The SMILES string of the molecule is Cn1nnc(C#N)c1C(Cl)(Cl)Cl. The molecule has 0 atom stereocenters. The molecule has 1 aromatic rings. The highest BCUT2D eigenvalue weighted by atomic mass is 35.6. The second-order valence-electron chi connectivity index (χ2n) is 2.02. The van der Waals surface area contributed by atoms with E-state index in [9.17, 15) is 0 Å². The Morgan fingerprint density at radius 1 is 1.50 bits per heavy atom. The van der Waals surface area contributed by atoms with Crippen molar-refractivity contribution in [1.82, 2.24) is 15.0 Å². The average molecular weight is 225 g/mol. The summed E-state index contributed by atoms with van der Waals surface area (Å²) in [5, 5.41) is 15.6. The topological polar surface area (TPSA) is 54.5 Å². The maximum Gasteiger partial charge on any atom is 0.235 e. The minimum atomic E-state index is -1.66. The summed E-state index contributed by atoms with van der Waals surface area (Å²) in [6, 6.07) is 1.78. The molecule has 1 rings (SSSR count). The van der Waals surface area contributed by atoms with Crippen molar-refractivity contribution < 1.29 is 0 Å². The number of halogens is 3. The standard InChI is InChI=1S/C5H3Cl3N4/c1-12-4(5(6,7)8)3(2-9)10-11-12/h1H3. The molecule has 7 heteroatoms. The predicted octanol–water partition coefficient (Wildman–Crippen LogP) is 1.51. The molecule has 0 saturated carbocycles. The third-order valence-corrected chi connectivity index (χ3v) is 1.74. The molecule has 0 unspecified atom stereocenters. The Morgan fingerprint density at radius 2 is 2.08 bits per heavy atom. The van der Waals surface area contributed by atoms with Gasteiger partial charge in [0.1, 0.15) is 11.8 Å². The Balaban J connectivity index is 3.32. The van der Waals surface area contributed by atoms with E-state index in [1.807, 2.05) is 0 Å². The van der Waals surface area contributed by atoms with Crippen LogP contribution in [-0.2, 0) is 10.8 Å². The first-order valence-corrected chi connectivity index (χ1v) is 3.97. The Morgan fingerprint density at radius 3 is 2.42 bits per heavy atom. The van der Waals surface area contributed by atoms with Crippen LogP contribution in [0.4, 0.5) is 0 Å². The molecule has 0 saturated heterocycles. The van der Waals surface area contributed by atoms with Crippen molar-refractivity contribution in [2.45, 2.75) is 3.79 Å². The lowest BCUT2D eigenvalue weighted by molar-refractivity contribution is 0.684. The van der Waals surface area contributed by atoms with Crippen molar-refractivity contribution in [3.63, 3.8) is 0 Å². The van der Waals surface area contributed by atoms with Gasteiger partial charge in [0.25, 0.3) is 0 Å². The largest absolute Gasteiger partial charge is 0.247 e. The lowest BCUT2D eigenvalue weighted by atomic mass is 10.4. The monoisotopic (exact) mass is 224 g/mol. The number of nitrogens with zero attached hydrogens (tertiary/aromatic N) is 4. The number of aryl methyl sites for hydroxylation is 1. The quantitative estimate of drug-likeness (QED) is 0.629. The molecule has 0 N–H and O–H groups in total. The fourth-order valence-corrected chi connectivity index (χ4v) is 1.39. The molecule has 1 heterocycles. The molecule has 1 aromatic heterocycles. The van der Waals surface area contributed by atoms with Crippen LogP contribution < -0.4 is 0 Å². The van der Waals surface area contributed by atoms with E-state index in [0.29, 0.717) is 0 Å². The number of hydrogen-bond donors (Lipinski definition) is 0. The van der Waals surface area contributed by atoms with E-state index in [-0.39, 0.29) is 11.4 Å². The van der Waals surface area contributed by atoms with E-state index < -0.39 is 3.79 Å². The Bertz CT molecular complexity index is 331. The van der Waals surface area contributed by atoms with Crippen LogP contribution in [0.2, 0.25) is 0 Å². The lowest BCUT2D eigenvalue weighted by Crippen LogP contribution is -2.09. The number of rotatable bonds is 0. The molecule has 0 spiro atoms. The van der Waals surface area contributed by atoms with Gasteiger partial charge in [-0.3, -0.25) is 0 Å². The van der Waals surface area contributed by atoms with E-state index >= 15 is 0 Å². The normalized spacial score (nSPS) is 11.2. The van der Waals surface area contributed by atoms with Crippen LogP contribution in [0.1, 0.15) is 11.4 Å². The van der Waals surface area contributed by atoms with Crippen molar-refractivity contribution in [1.29, 1.82) is 5.26 Å². The highest BCUT2D eigenvalue weighted by molar-refractivity contribution is 6.66. The van der Waals surface area contributed by atoms with Crippen molar-refractivity contribution in [3.8, 4) is 6.07 Å². The van der Waals surface area contributed by atoms with Crippen LogP contribution in [0.15, 0.2) is 0 Å². The summed E-state index contributed by atoms with van der Waals surface area (Å²) in [5.41, 5.74) is 0.201. The van der Waals surface area contributed by atoms with Gasteiger partial charge >= 0.3 is 0 Å². The Labute approximate surface area is 83.6 Å². The van der Waals surface area contributed by atoms with Crippen LogP contribution in [0.25, 0.3) is 0 Å². The predicted molar refractivity (Wildman–Crippen MR) is 45.0 cm³/mol. The zero-order chi connectivity index (χ0) is 9.35. The molecule has 0 radical (unpaired) electrons. The minimum absolute atomic E-state index is 0.0255. The summed E-state index contributed by atoms with van der Waals surface area (Å²) in [7, 11) is 1.55. The fourth-order valence-electron chi connectivity index (χ4n) is 0.750. The van der Waals surface area contributed by atoms with Crippen LogP contribution in [0, 0.1) is 11.3 Å². The van der Waals surface area contributed by atoms with Gasteiger partial charge in [0.2, 0.25) is 3.79 Å². The van der Waals surface area contributed by atoms with Gasteiger partial charge in [-0.05, 0) is 0 Å². The van der Waals surface area contributed by atoms with Crippen molar-refractivity contribution in [2.24, 2.45) is 7.05 Å². The zero-order valence-corrected chi connectivity index (χ0v) is 8.19. The van der Waals surface area contributed by atoms with Gasteiger partial charge in [-0.15, -0.1) is 5.10 Å². The Hall–Kier alpha value is -0.500. The van der Waals surface area contributed by atoms with E-state index in [4.69, 9.17) is 40.1 Å². The average Bonchev–Trinajstić information content (AvgIpc) is 2.29. The van der Waals surface area contributed by atoms with Gasteiger partial charge in [0.15, 0.2) is 5.69 Å². The second kappa shape index (κ2) is 3.09. The fraction of sp³-hybridized carbons (Fsp3) is 0.400. The maximum atomic E-state index is 8.55. The lowest BCUT2D eigenvalue weighted by Gasteiger charge is -2.09. The van der Waals surface area contributed by atoms with Crippen LogP contribution >= 0.6 is 34.8 Å². The van der Waals surface area contributed by atoms with E-state index in [1.165, 1.54) is 4.68 Å². The van der Waals surface area contributed by atoms with Crippen LogP contribution in [0.5, 0.6) is 0 Å². The molecular weight excluding hydrogens is 222 g/mol. The summed E-state index contributed by atoms with van der Waals surface area (Å²) in [6.45, 7) is 0. The first-order valence-electron chi connectivity index (χ1n) is 2.83. The number of hydrogen-bond acceptors (Lipinski definition) is 3. The number of alkyl halides is 3. The summed E-state index contributed by atoms with van der Waals surface area (Å²) in [5.74, 6) is 0. The van der Waals surface area contributed by atoms with E-state index in [0.717, 1.165) is 0 Å².